The fraction of sp³-hybridized carbons (Fsp3) is 0. The van der Waals surface area contributed by atoms with Gasteiger partial charge >= 0.3 is 0 Å². The van der Waals surface area contributed by atoms with E-state index < -0.39 is 0 Å². The highest BCUT2D eigenvalue weighted by molar-refractivity contribution is 7.22. The zero-order valence-corrected chi connectivity index (χ0v) is 28.3. The maximum Gasteiger partial charge on any atom is 0.143 e. The van der Waals surface area contributed by atoms with Crippen LogP contribution in [0.5, 0.6) is 0 Å². The van der Waals surface area contributed by atoms with Crippen molar-refractivity contribution in [1.29, 1.82) is 0 Å². The third-order valence-corrected chi connectivity index (χ3v) is 11.3. The van der Waals surface area contributed by atoms with Crippen LogP contribution in [0.2, 0.25) is 0 Å². The summed E-state index contributed by atoms with van der Waals surface area (Å²) in [5.41, 5.74) is 11.5. The average Bonchev–Trinajstić information content (AvgIpc) is 3.91. The van der Waals surface area contributed by atoms with Crippen LogP contribution in [-0.2, 0) is 0 Å². The standard InChI is InChI=1S/C44H27N3OS2/c1-4-13-39-35(8-1)36-10-7-9-34(42(36)48-39)28-16-22-31(23-17-28)47(32-24-18-29(19-25-32)43-45-37-11-2-5-14-40(37)49-43)33-26-20-30(21-27-33)44-46-38-12-3-6-15-41(38)50-44/h1-27H. The quantitative estimate of drug-likeness (QED) is 0.176. The first-order valence-electron chi connectivity index (χ1n) is 16.5. The van der Waals surface area contributed by atoms with Crippen molar-refractivity contribution in [3.63, 3.8) is 0 Å². The number of aromatic nitrogens is 2. The summed E-state index contributed by atoms with van der Waals surface area (Å²) in [6, 6.07) is 57.4. The van der Waals surface area contributed by atoms with Gasteiger partial charge in [-0.15, -0.1) is 22.7 Å². The highest BCUT2D eigenvalue weighted by atomic mass is 32.1. The first-order chi connectivity index (χ1) is 24.7. The molecule has 0 unspecified atom stereocenters. The Morgan fingerprint density at radius 2 is 0.900 bits per heavy atom. The average molecular weight is 678 g/mol. The molecule has 0 aliphatic carbocycles. The molecule has 0 atom stereocenters. The lowest BCUT2D eigenvalue weighted by Gasteiger charge is -2.26. The van der Waals surface area contributed by atoms with E-state index in [0.717, 1.165) is 82.3 Å². The Balaban J connectivity index is 1.04. The van der Waals surface area contributed by atoms with Crippen LogP contribution in [-0.4, -0.2) is 9.97 Å². The fourth-order valence-corrected chi connectivity index (χ4v) is 8.65. The molecule has 0 aliphatic heterocycles. The summed E-state index contributed by atoms with van der Waals surface area (Å²) >= 11 is 3.44. The third kappa shape index (κ3) is 4.96. The molecule has 0 spiro atoms. The summed E-state index contributed by atoms with van der Waals surface area (Å²) in [5.74, 6) is 0. The Morgan fingerprint density at radius 1 is 0.420 bits per heavy atom. The molecule has 3 aromatic heterocycles. The number of rotatable bonds is 6. The topological polar surface area (TPSA) is 42.2 Å². The molecule has 0 fully saturated rings. The second-order valence-electron chi connectivity index (χ2n) is 12.2. The number of benzene rings is 7. The van der Waals surface area contributed by atoms with E-state index in [9.17, 15) is 0 Å². The van der Waals surface area contributed by atoms with Crippen LogP contribution in [0.1, 0.15) is 0 Å². The molecule has 0 N–H and O–H groups in total. The summed E-state index contributed by atoms with van der Waals surface area (Å²) in [6.45, 7) is 0. The Labute approximate surface area is 296 Å². The first kappa shape index (κ1) is 28.9. The van der Waals surface area contributed by atoms with E-state index in [0.29, 0.717) is 0 Å². The minimum Gasteiger partial charge on any atom is -0.455 e. The molecule has 3 heterocycles. The molecule has 0 saturated carbocycles. The van der Waals surface area contributed by atoms with Crippen molar-refractivity contribution in [1.82, 2.24) is 9.97 Å². The van der Waals surface area contributed by atoms with Gasteiger partial charge in [-0.3, -0.25) is 0 Å². The van der Waals surface area contributed by atoms with Crippen molar-refractivity contribution in [2.24, 2.45) is 0 Å². The van der Waals surface area contributed by atoms with Crippen molar-refractivity contribution in [3.05, 3.63) is 164 Å². The second-order valence-corrected chi connectivity index (χ2v) is 14.3. The minimum absolute atomic E-state index is 0.904. The van der Waals surface area contributed by atoms with E-state index in [4.69, 9.17) is 14.4 Å². The maximum atomic E-state index is 6.37. The third-order valence-electron chi connectivity index (χ3n) is 9.17. The van der Waals surface area contributed by atoms with Crippen molar-refractivity contribution in [3.8, 4) is 32.3 Å². The Hall–Kier alpha value is -6.08. The van der Waals surface area contributed by atoms with Crippen LogP contribution < -0.4 is 4.90 Å². The highest BCUT2D eigenvalue weighted by Gasteiger charge is 2.17. The molecule has 236 valence electrons. The Bertz CT molecular complexity index is 2630. The molecule has 0 saturated heterocycles. The number of hydrogen-bond acceptors (Lipinski definition) is 6. The molecule has 0 amide bonds. The SMILES string of the molecule is c1ccc2sc(-c3ccc(N(c4ccc(-c5nc6ccccc6s5)cc4)c4ccc(-c5cccc6c5oc5ccccc56)cc4)cc3)nc2c1. The van der Waals surface area contributed by atoms with Gasteiger partial charge in [0.15, 0.2) is 0 Å². The summed E-state index contributed by atoms with van der Waals surface area (Å²) in [6.07, 6.45) is 0. The van der Waals surface area contributed by atoms with Crippen molar-refractivity contribution in [2.75, 3.05) is 4.90 Å². The summed E-state index contributed by atoms with van der Waals surface area (Å²) < 4.78 is 8.76. The van der Waals surface area contributed by atoms with E-state index in [1.54, 1.807) is 22.7 Å². The van der Waals surface area contributed by atoms with E-state index in [2.05, 4.69) is 144 Å². The largest absolute Gasteiger partial charge is 0.455 e. The van der Waals surface area contributed by atoms with Gasteiger partial charge in [0.05, 0.1) is 20.4 Å². The summed E-state index contributed by atoms with van der Waals surface area (Å²) in [7, 11) is 0. The molecule has 10 aromatic rings. The maximum absolute atomic E-state index is 6.37. The predicted molar refractivity (Wildman–Crippen MR) is 211 cm³/mol. The first-order valence-corrected chi connectivity index (χ1v) is 18.1. The molecule has 4 nitrogen and oxygen atoms in total. The second kappa shape index (κ2) is 11.8. The predicted octanol–water partition coefficient (Wildman–Crippen LogP) is 13.3. The number of para-hydroxylation sites is 4. The van der Waals surface area contributed by atoms with Gasteiger partial charge in [-0.05, 0) is 96.6 Å². The molecule has 6 heteroatoms. The fourth-order valence-electron chi connectivity index (χ4n) is 6.71. The van der Waals surface area contributed by atoms with Crippen molar-refractivity contribution in [2.45, 2.75) is 0 Å². The molecule has 0 aliphatic rings. The van der Waals surface area contributed by atoms with Gasteiger partial charge in [0, 0.05) is 44.5 Å². The number of nitrogens with zero attached hydrogens (tertiary/aromatic N) is 3. The molecule has 50 heavy (non-hydrogen) atoms. The van der Waals surface area contributed by atoms with E-state index in [1.807, 2.05) is 24.3 Å². The van der Waals surface area contributed by atoms with Crippen LogP contribution in [0.25, 0.3) is 74.6 Å². The van der Waals surface area contributed by atoms with Crippen molar-refractivity contribution >= 4 is 82.1 Å². The number of anilines is 3. The van der Waals surface area contributed by atoms with Crippen LogP contribution >= 0.6 is 22.7 Å². The molecule has 7 aromatic carbocycles. The van der Waals surface area contributed by atoms with Gasteiger partial charge in [0.2, 0.25) is 0 Å². The number of thiazole rings is 2. The van der Waals surface area contributed by atoms with Gasteiger partial charge < -0.3 is 9.32 Å². The lowest BCUT2D eigenvalue weighted by Crippen LogP contribution is -2.09. The molecular formula is C44H27N3OS2. The zero-order valence-electron chi connectivity index (χ0n) is 26.7. The van der Waals surface area contributed by atoms with Gasteiger partial charge in [0.1, 0.15) is 21.2 Å². The Morgan fingerprint density at radius 3 is 1.46 bits per heavy atom. The lowest BCUT2D eigenvalue weighted by molar-refractivity contribution is 0.670. The summed E-state index contributed by atoms with van der Waals surface area (Å²) in [4.78, 5) is 12.1. The van der Waals surface area contributed by atoms with Crippen LogP contribution in [0.3, 0.4) is 0 Å². The normalized spacial score (nSPS) is 11.6. The molecular weight excluding hydrogens is 651 g/mol. The number of furan rings is 1. The number of fused-ring (bicyclic) bond motifs is 5. The molecule has 0 radical (unpaired) electrons. The van der Waals surface area contributed by atoms with E-state index >= 15 is 0 Å². The Kier molecular flexibility index (Phi) is 6.82. The van der Waals surface area contributed by atoms with Gasteiger partial charge in [0.25, 0.3) is 0 Å². The minimum atomic E-state index is 0.904. The van der Waals surface area contributed by atoms with E-state index in [-0.39, 0.29) is 0 Å². The van der Waals surface area contributed by atoms with Gasteiger partial charge in [-0.1, -0.05) is 72.8 Å². The number of hydrogen-bond donors (Lipinski definition) is 0. The van der Waals surface area contributed by atoms with Crippen molar-refractivity contribution < 1.29 is 4.42 Å². The zero-order chi connectivity index (χ0) is 33.0. The van der Waals surface area contributed by atoms with E-state index in [1.165, 1.54) is 9.40 Å². The highest BCUT2D eigenvalue weighted by Crippen LogP contribution is 2.41. The van der Waals surface area contributed by atoms with Gasteiger partial charge in [-0.25, -0.2) is 9.97 Å². The monoisotopic (exact) mass is 677 g/mol. The van der Waals surface area contributed by atoms with Crippen LogP contribution in [0, 0.1) is 0 Å². The molecule has 0 bridgehead atoms. The smallest absolute Gasteiger partial charge is 0.143 e. The molecule has 10 rings (SSSR count). The van der Waals surface area contributed by atoms with Crippen LogP contribution in [0.15, 0.2) is 168 Å². The van der Waals surface area contributed by atoms with Gasteiger partial charge in [-0.2, -0.15) is 0 Å². The lowest BCUT2D eigenvalue weighted by atomic mass is 10.0. The van der Waals surface area contributed by atoms with Crippen LogP contribution in [0.4, 0.5) is 17.1 Å². The summed E-state index contributed by atoms with van der Waals surface area (Å²) in [5, 5.41) is 4.31.